The summed E-state index contributed by atoms with van der Waals surface area (Å²) in [6.45, 7) is 5.04. The number of aliphatic carboxylic acids is 2. The van der Waals surface area contributed by atoms with E-state index < -0.39 is 36.3 Å². The van der Waals surface area contributed by atoms with Gasteiger partial charge in [0.15, 0.2) is 11.6 Å². The summed E-state index contributed by atoms with van der Waals surface area (Å²) in [7, 11) is 0. The Labute approximate surface area is 321 Å². The van der Waals surface area contributed by atoms with Crippen molar-refractivity contribution in [2.75, 3.05) is 35.8 Å². The second kappa shape index (κ2) is 18.7. The zero-order valence-corrected chi connectivity index (χ0v) is 30.4. The maximum absolute atomic E-state index is 16.4. The van der Waals surface area contributed by atoms with Crippen molar-refractivity contribution in [1.82, 2.24) is 9.99 Å². The van der Waals surface area contributed by atoms with Crippen LogP contribution in [0.4, 0.5) is 47.9 Å². The first-order chi connectivity index (χ1) is 26.9. The van der Waals surface area contributed by atoms with E-state index in [0.717, 1.165) is 50.8 Å². The van der Waals surface area contributed by atoms with Crippen LogP contribution in [0.1, 0.15) is 36.7 Å². The minimum Gasteiger partial charge on any atom is -0.491 e. The lowest BCUT2D eigenvalue weighted by atomic mass is 9.98. The number of aryl methyl sites for hydroxylation is 1. The molecule has 0 aliphatic carbocycles. The zero-order chi connectivity index (χ0) is 42.1. The van der Waals surface area contributed by atoms with E-state index in [-0.39, 0.29) is 12.4 Å². The van der Waals surface area contributed by atoms with E-state index in [9.17, 15) is 31.4 Å². The number of rotatable bonds is 10. The second-order valence-corrected chi connectivity index (χ2v) is 12.2. The van der Waals surface area contributed by atoms with Crippen LogP contribution >= 0.6 is 0 Å². The molecule has 0 bridgehead atoms. The maximum atomic E-state index is 16.4. The van der Waals surface area contributed by atoms with Crippen LogP contribution in [-0.4, -0.2) is 69.4 Å². The van der Waals surface area contributed by atoms with Gasteiger partial charge in [0.05, 0.1) is 25.4 Å². The van der Waals surface area contributed by atoms with Gasteiger partial charge in [0.2, 0.25) is 0 Å². The third-order valence-electron chi connectivity index (χ3n) is 8.47. The molecule has 0 amide bonds. The van der Waals surface area contributed by atoms with Gasteiger partial charge in [-0.2, -0.15) is 31.4 Å². The van der Waals surface area contributed by atoms with Crippen LogP contribution in [0.5, 0.6) is 5.75 Å². The number of nitrogen functional groups attached to an aromatic ring is 1. The standard InChI is InChI=1S/C35H36FN5O2.2C2HF3O2/c1-3-23-19-29(33(36)32(20-23)43-4-2)35(39-26-13-14-28-25(21-26)15-16-38-34(28)37)41-22-30-27(24-9-6-5-7-10-24)11-8-12-31(30)40(41)17-18-42;2*3-2(4,5)1(6)7/h5-16,19-21,35,39,42H,3-4,17-18,22H2,1-2H3,(H2,37,38);2*(H,6,7). The quantitative estimate of drug-likeness (QED) is 0.0866. The van der Waals surface area contributed by atoms with E-state index in [0.29, 0.717) is 31.1 Å². The highest BCUT2D eigenvalue weighted by Crippen LogP contribution is 2.43. The fourth-order valence-electron chi connectivity index (χ4n) is 5.93. The van der Waals surface area contributed by atoms with Gasteiger partial charge in [-0.05, 0) is 77.9 Å². The van der Waals surface area contributed by atoms with E-state index in [2.05, 4.69) is 44.6 Å². The van der Waals surface area contributed by atoms with Crippen molar-refractivity contribution in [3.8, 4) is 16.9 Å². The molecule has 6 rings (SSSR count). The molecule has 1 atom stereocenters. The Bertz CT molecular complexity index is 2150. The fourth-order valence-corrected chi connectivity index (χ4v) is 5.93. The molecule has 11 nitrogen and oxygen atoms in total. The molecular weight excluding hydrogens is 767 g/mol. The topological polar surface area (TPSA) is 161 Å². The highest BCUT2D eigenvalue weighted by molar-refractivity contribution is 5.93. The number of nitrogens with two attached hydrogens (primary N) is 1. The van der Waals surface area contributed by atoms with Gasteiger partial charge in [-0.1, -0.05) is 49.4 Å². The SMILES string of the molecule is CCOc1cc(CC)cc(C(Nc2ccc3c(N)nccc3c2)N2Cc3c(-c4ccccc4)cccc3N2CCO)c1F.O=C(O)C(F)(F)F.O=C(O)C(F)(F)F. The normalized spacial score (nSPS) is 13.1. The van der Waals surface area contributed by atoms with Crippen LogP contribution in [-0.2, 0) is 22.6 Å². The smallest absolute Gasteiger partial charge is 0.490 e. The third-order valence-corrected chi connectivity index (χ3v) is 8.47. The van der Waals surface area contributed by atoms with Crippen LogP contribution in [0.25, 0.3) is 21.9 Å². The molecule has 57 heavy (non-hydrogen) atoms. The molecule has 5 aromatic rings. The lowest BCUT2D eigenvalue weighted by molar-refractivity contribution is -0.193. The van der Waals surface area contributed by atoms with Gasteiger partial charge in [0.25, 0.3) is 0 Å². The van der Waals surface area contributed by atoms with Crippen LogP contribution in [0, 0.1) is 5.82 Å². The Kier molecular flexibility index (Phi) is 14.3. The van der Waals surface area contributed by atoms with Crippen molar-refractivity contribution in [3.05, 3.63) is 114 Å². The number of benzene rings is 4. The first kappa shape index (κ1) is 43.6. The predicted molar refractivity (Wildman–Crippen MR) is 199 cm³/mol. The van der Waals surface area contributed by atoms with Gasteiger partial charge >= 0.3 is 24.3 Å². The summed E-state index contributed by atoms with van der Waals surface area (Å²) in [5.41, 5.74) is 12.7. The first-order valence-corrected chi connectivity index (χ1v) is 17.2. The summed E-state index contributed by atoms with van der Waals surface area (Å²) < 4.78 is 85.6. The average molecular weight is 806 g/mol. The molecule has 4 aromatic carbocycles. The van der Waals surface area contributed by atoms with Gasteiger partial charge in [0, 0.05) is 34.9 Å². The first-order valence-electron chi connectivity index (χ1n) is 17.2. The van der Waals surface area contributed by atoms with Gasteiger partial charge in [0.1, 0.15) is 12.0 Å². The van der Waals surface area contributed by atoms with Gasteiger partial charge in [-0.3, -0.25) is 0 Å². The average Bonchev–Trinajstić information content (AvgIpc) is 3.53. The van der Waals surface area contributed by atoms with Crippen molar-refractivity contribution < 1.29 is 60.4 Å². The maximum Gasteiger partial charge on any atom is 0.490 e. The van der Waals surface area contributed by atoms with Gasteiger partial charge in [-0.25, -0.2) is 19.0 Å². The van der Waals surface area contributed by atoms with Crippen molar-refractivity contribution in [3.63, 3.8) is 0 Å². The number of aromatic nitrogens is 1. The molecule has 1 aromatic heterocycles. The number of hydrogen-bond acceptors (Lipinski definition) is 9. The number of nitrogens with zero attached hydrogens (tertiary/aromatic N) is 3. The number of carbonyl (C=O) groups is 2. The number of alkyl halides is 6. The number of hydrogen-bond donors (Lipinski definition) is 5. The lowest BCUT2D eigenvalue weighted by Gasteiger charge is -2.38. The number of β-amino-alcohol motifs (C(OH)–C–C–N with tert-alkyl or cyclic N) is 1. The Balaban J connectivity index is 0.000000440. The summed E-state index contributed by atoms with van der Waals surface area (Å²) in [6.07, 6.45) is -8.39. The molecule has 0 radical (unpaired) electrons. The number of nitrogens with one attached hydrogen (secondary N) is 1. The fraction of sp³-hybridized carbons (Fsp3) is 0.256. The van der Waals surface area contributed by atoms with Gasteiger partial charge < -0.3 is 36.1 Å². The Morgan fingerprint density at radius 1 is 0.912 bits per heavy atom. The van der Waals surface area contributed by atoms with E-state index in [4.69, 9.17) is 30.3 Å². The van der Waals surface area contributed by atoms with Crippen molar-refractivity contribution in [2.24, 2.45) is 0 Å². The van der Waals surface area contributed by atoms with Crippen molar-refractivity contribution in [2.45, 2.75) is 45.3 Å². The molecule has 304 valence electrons. The highest BCUT2D eigenvalue weighted by atomic mass is 19.4. The van der Waals surface area contributed by atoms with Crippen molar-refractivity contribution >= 4 is 39.9 Å². The number of halogens is 7. The number of pyridine rings is 1. The van der Waals surface area contributed by atoms with Crippen molar-refractivity contribution in [1.29, 1.82) is 0 Å². The Morgan fingerprint density at radius 2 is 1.56 bits per heavy atom. The number of carboxylic acid groups (broad SMARTS) is 2. The van der Waals surface area contributed by atoms with Crippen LogP contribution in [0.2, 0.25) is 0 Å². The molecule has 0 fully saturated rings. The monoisotopic (exact) mass is 805 g/mol. The minimum absolute atomic E-state index is 0.0673. The summed E-state index contributed by atoms with van der Waals surface area (Å²) in [5, 5.41) is 34.0. The molecule has 2 heterocycles. The Hall–Kier alpha value is -6.14. The predicted octanol–water partition coefficient (Wildman–Crippen LogP) is 8.19. The summed E-state index contributed by atoms with van der Waals surface area (Å²) in [6, 6.07) is 27.9. The second-order valence-electron chi connectivity index (χ2n) is 12.2. The molecule has 0 spiro atoms. The van der Waals surface area contributed by atoms with E-state index in [1.807, 2.05) is 68.4 Å². The third kappa shape index (κ3) is 10.8. The number of anilines is 3. The summed E-state index contributed by atoms with van der Waals surface area (Å²) >= 11 is 0. The number of hydrazine groups is 1. The molecular formula is C39H38F7N5O6. The number of fused-ring (bicyclic) bond motifs is 2. The summed E-state index contributed by atoms with van der Waals surface area (Å²) in [4.78, 5) is 22.0. The van der Waals surface area contributed by atoms with E-state index in [1.165, 1.54) is 0 Å². The molecule has 1 aliphatic rings. The highest BCUT2D eigenvalue weighted by Gasteiger charge is 2.39. The van der Waals surface area contributed by atoms with Crippen LogP contribution < -0.4 is 20.8 Å². The van der Waals surface area contributed by atoms with Crippen LogP contribution in [0.3, 0.4) is 0 Å². The largest absolute Gasteiger partial charge is 0.491 e. The molecule has 18 heteroatoms. The molecule has 0 saturated carbocycles. The van der Waals surface area contributed by atoms with E-state index in [1.54, 1.807) is 12.3 Å². The lowest BCUT2D eigenvalue weighted by Crippen LogP contribution is -2.45. The van der Waals surface area contributed by atoms with Crippen LogP contribution in [0.15, 0.2) is 91.1 Å². The number of aliphatic hydroxyl groups is 1. The van der Waals surface area contributed by atoms with Gasteiger partial charge in [-0.15, -0.1) is 0 Å². The number of aliphatic hydroxyl groups excluding tert-OH is 1. The number of carboxylic acids is 2. The summed E-state index contributed by atoms with van der Waals surface area (Å²) in [5.74, 6) is -5.23. The molecule has 1 aliphatic heterocycles. The Morgan fingerprint density at radius 3 is 2.14 bits per heavy atom. The zero-order valence-electron chi connectivity index (χ0n) is 30.4. The van der Waals surface area contributed by atoms with E-state index >= 15 is 4.39 Å². The molecule has 1 unspecified atom stereocenters. The number of ether oxygens (including phenoxy) is 1. The molecule has 6 N–H and O–H groups in total. The molecule has 0 saturated heterocycles. The minimum atomic E-state index is -5.08.